The third-order valence-electron chi connectivity index (χ3n) is 6.44. The van der Waals surface area contributed by atoms with Crippen LogP contribution in [0.25, 0.3) is 11.2 Å². The number of carbonyl (C=O) groups excluding carboxylic acids is 1. The second-order valence-electron chi connectivity index (χ2n) is 8.73. The Hall–Kier alpha value is -3.38. The van der Waals surface area contributed by atoms with E-state index in [1.807, 2.05) is 4.90 Å². The highest BCUT2D eigenvalue weighted by Gasteiger charge is 2.47. The van der Waals surface area contributed by atoms with Gasteiger partial charge in [-0.1, -0.05) is 0 Å². The first-order valence-electron chi connectivity index (χ1n) is 10.7. The summed E-state index contributed by atoms with van der Waals surface area (Å²) in [6.45, 7) is 1.78. The second kappa shape index (κ2) is 8.13. The van der Waals surface area contributed by atoms with Crippen LogP contribution in [0.15, 0.2) is 30.7 Å². The molecule has 5 rings (SSSR count). The first kappa shape index (κ1) is 22.4. The number of pyridine rings is 1. The van der Waals surface area contributed by atoms with Gasteiger partial charge < -0.3 is 9.80 Å². The maximum atomic E-state index is 12.8. The van der Waals surface area contributed by atoms with Crippen molar-refractivity contribution in [1.29, 1.82) is 0 Å². The van der Waals surface area contributed by atoms with Gasteiger partial charge in [0.25, 0.3) is 12.3 Å². The monoisotopic (exact) mass is 481 g/mol. The molecular weight excluding hydrogens is 461 g/mol. The Bertz CT molecular complexity index is 1190. The van der Waals surface area contributed by atoms with Crippen molar-refractivity contribution in [1.82, 2.24) is 29.6 Å². The van der Waals surface area contributed by atoms with E-state index in [9.17, 15) is 26.7 Å². The molecule has 2 aliphatic heterocycles. The molecule has 5 heterocycles. The highest BCUT2D eigenvalue weighted by molar-refractivity contribution is 5.93. The molecule has 2 fully saturated rings. The fourth-order valence-corrected chi connectivity index (χ4v) is 4.54. The summed E-state index contributed by atoms with van der Waals surface area (Å²) in [5.41, 5.74) is -0.211. The van der Waals surface area contributed by atoms with Gasteiger partial charge in [-0.25, -0.2) is 23.4 Å². The number of nitrogens with zero attached hydrogens (tertiary/aromatic N) is 7. The Balaban J connectivity index is 1.20. The fourth-order valence-electron chi connectivity index (χ4n) is 4.54. The minimum absolute atomic E-state index is 0.00993. The zero-order valence-corrected chi connectivity index (χ0v) is 17.8. The number of carbonyl (C=O) groups is 1. The largest absolute Gasteiger partial charge is 0.417 e. The predicted molar refractivity (Wildman–Crippen MR) is 110 cm³/mol. The molecule has 2 saturated heterocycles. The van der Waals surface area contributed by atoms with Crippen LogP contribution in [0.4, 0.5) is 27.8 Å². The van der Waals surface area contributed by atoms with Crippen LogP contribution in [0.3, 0.4) is 0 Å². The molecule has 180 valence electrons. The summed E-state index contributed by atoms with van der Waals surface area (Å²) in [6, 6.07) is 1.96. The molecule has 0 N–H and O–H groups in total. The van der Waals surface area contributed by atoms with Crippen LogP contribution >= 0.6 is 0 Å². The molecule has 0 bridgehead atoms. The highest BCUT2D eigenvalue weighted by atomic mass is 19.4. The van der Waals surface area contributed by atoms with Crippen molar-refractivity contribution >= 4 is 22.9 Å². The lowest BCUT2D eigenvalue weighted by Gasteiger charge is -2.54. The minimum atomic E-state index is -4.50. The van der Waals surface area contributed by atoms with E-state index in [4.69, 9.17) is 0 Å². The molecule has 0 aliphatic carbocycles. The normalized spacial score (nSPS) is 18.1. The van der Waals surface area contributed by atoms with Crippen molar-refractivity contribution in [2.45, 2.75) is 32.0 Å². The molecule has 3 aromatic rings. The number of hydrogen-bond donors (Lipinski definition) is 0. The first-order chi connectivity index (χ1) is 16.1. The lowest BCUT2D eigenvalue weighted by Crippen LogP contribution is -2.62. The molecule has 0 saturated carbocycles. The number of halogens is 5. The number of aromatic nitrogens is 5. The Labute approximate surface area is 190 Å². The number of likely N-dealkylation sites (tertiary alicyclic amines) is 1. The Morgan fingerprint density at radius 2 is 1.79 bits per heavy atom. The molecule has 1 spiro atoms. The summed E-state index contributed by atoms with van der Waals surface area (Å²) in [5.74, 6) is 0.199. The van der Waals surface area contributed by atoms with Gasteiger partial charge in [0, 0.05) is 37.8 Å². The van der Waals surface area contributed by atoms with E-state index in [0.717, 1.165) is 29.7 Å². The second-order valence-corrected chi connectivity index (χ2v) is 8.73. The summed E-state index contributed by atoms with van der Waals surface area (Å²) < 4.78 is 64.8. The van der Waals surface area contributed by atoms with Crippen molar-refractivity contribution in [3.63, 3.8) is 0 Å². The van der Waals surface area contributed by atoms with Crippen LogP contribution in [0, 0.1) is 5.41 Å². The predicted octanol–water partition coefficient (Wildman–Crippen LogP) is 3.25. The Kier molecular flexibility index (Phi) is 5.36. The molecule has 0 atom stereocenters. The first-order valence-corrected chi connectivity index (χ1v) is 10.7. The molecule has 2 aliphatic rings. The highest BCUT2D eigenvalue weighted by Crippen LogP contribution is 2.41. The number of piperidine rings is 1. The van der Waals surface area contributed by atoms with Crippen LogP contribution in [-0.4, -0.2) is 68.1 Å². The molecule has 8 nitrogen and oxygen atoms in total. The van der Waals surface area contributed by atoms with Gasteiger partial charge in [0.05, 0.1) is 18.0 Å². The molecule has 34 heavy (non-hydrogen) atoms. The van der Waals surface area contributed by atoms with E-state index in [-0.39, 0.29) is 17.0 Å². The van der Waals surface area contributed by atoms with Crippen LogP contribution in [0.1, 0.15) is 28.9 Å². The lowest BCUT2D eigenvalue weighted by atomic mass is 9.72. The van der Waals surface area contributed by atoms with Crippen LogP contribution in [0.5, 0.6) is 0 Å². The zero-order chi connectivity index (χ0) is 24.1. The van der Waals surface area contributed by atoms with Gasteiger partial charge in [-0.2, -0.15) is 18.3 Å². The summed E-state index contributed by atoms with van der Waals surface area (Å²) in [6.07, 6.45) is -1.80. The maximum Gasteiger partial charge on any atom is 0.417 e. The van der Waals surface area contributed by atoms with E-state index in [1.54, 1.807) is 11.1 Å². The van der Waals surface area contributed by atoms with Crippen LogP contribution in [-0.2, 0) is 12.7 Å². The third kappa shape index (κ3) is 4.14. The topological polar surface area (TPSA) is 80.0 Å². The Morgan fingerprint density at radius 1 is 1.06 bits per heavy atom. The van der Waals surface area contributed by atoms with Gasteiger partial charge in [-0.3, -0.25) is 9.78 Å². The van der Waals surface area contributed by atoms with Crippen LogP contribution < -0.4 is 4.90 Å². The Morgan fingerprint density at radius 3 is 2.41 bits per heavy atom. The number of hydrogen-bond acceptors (Lipinski definition) is 6. The third-order valence-corrected chi connectivity index (χ3v) is 6.44. The van der Waals surface area contributed by atoms with Gasteiger partial charge >= 0.3 is 6.18 Å². The van der Waals surface area contributed by atoms with Crippen molar-refractivity contribution in [3.05, 3.63) is 42.0 Å². The summed E-state index contributed by atoms with van der Waals surface area (Å²) >= 11 is 0. The number of anilines is 1. The van der Waals surface area contributed by atoms with E-state index in [1.165, 1.54) is 6.20 Å². The van der Waals surface area contributed by atoms with E-state index in [0.29, 0.717) is 49.4 Å². The molecule has 0 aromatic carbocycles. The van der Waals surface area contributed by atoms with Crippen molar-refractivity contribution in [3.8, 4) is 0 Å². The summed E-state index contributed by atoms with van der Waals surface area (Å²) in [4.78, 5) is 28.7. The summed E-state index contributed by atoms with van der Waals surface area (Å²) in [5, 5.41) is 3.93. The van der Waals surface area contributed by atoms with E-state index < -0.39 is 24.7 Å². The maximum absolute atomic E-state index is 12.8. The average molecular weight is 481 g/mol. The molecule has 13 heteroatoms. The van der Waals surface area contributed by atoms with Crippen molar-refractivity contribution in [2.75, 3.05) is 31.1 Å². The van der Waals surface area contributed by atoms with Crippen LogP contribution in [0.2, 0.25) is 0 Å². The van der Waals surface area contributed by atoms with Crippen molar-refractivity contribution in [2.24, 2.45) is 5.41 Å². The number of amides is 1. The quantitative estimate of drug-likeness (QED) is 0.533. The minimum Gasteiger partial charge on any atom is -0.355 e. The summed E-state index contributed by atoms with van der Waals surface area (Å²) in [7, 11) is 0. The van der Waals surface area contributed by atoms with Gasteiger partial charge in [-0.15, -0.1) is 0 Å². The van der Waals surface area contributed by atoms with Crippen molar-refractivity contribution < 1.29 is 26.7 Å². The van der Waals surface area contributed by atoms with Gasteiger partial charge in [0.2, 0.25) is 0 Å². The lowest BCUT2D eigenvalue weighted by molar-refractivity contribution is -0.137. The standard InChI is InChI=1S/C21H20F5N7O/c22-16(23)10-33-18-15(8-29-33)28-9-17(30-18)31-5-3-20(4-6-31)11-32(12-20)19(34)14-2-1-13(7-27-14)21(24,25)26/h1-2,7-9,16H,3-6,10-12H2. The van der Waals surface area contributed by atoms with Gasteiger partial charge in [-0.05, 0) is 25.0 Å². The van der Waals surface area contributed by atoms with Gasteiger partial charge in [0.15, 0.2) is 5.65 Å². The molecule has 0 unspecified atom stereocenters. The molecule has 3 aromatic heterocycles. The molecule has 0 radical (unpaired) electrons. The van der Waals surface area contributed by atoms with E-state index in [2.05, 4.69) is 20.1 Å². The smallest absolute Gasteiger partial charge is 0.355 e. The molecule has 1 amide bonds. The fraction of sp³-hybridized carbons (Fsp3) is 0.476. The SMILES string of the molecule is O=C(c1ccc(C(F)(F)F)cn1)N1CC2(CCN(c3cnc4cnn(CC(F)F)c4n3)CC2)C1. The van der Waals surface area contributed by atoms with Gasteiger partial charge in [0.1, 0.15) is 23.6 Å². The number of fused-ring (bicyclic) bond motifs is 1. The average Bonchev–Trinajstić information content (AvgIpc) is 3.18. The number of alkyl halides is 5. The van der Waals surface area contributed by atoms with E-state index >= 15 is 0 Å². The number of rotatable bonds is 4. The zero-order valence-electron chi connectivity index (χ0n) is 17.8. The molecular formula is C21H20F5N7O.